The van der Waals surface area contributed by atoms with Crippen LogP contribution in [0.4, 0.5) is 0 Å². The summed E-state index contributed by atoms with van der Waals surface area (Å²) in [6.45, 7) is 4.41. The molecule has 19 heavy (non-hydrogen) atoms. The second-order valence-electron chi connectivity index (χ2n) is 4.60. The molecule has 7 nitrogen and oxygen atoms in total. The van der Waals surface area contributed by atoms with Crippen molar-refractivity contribution in [1.29, 1.82) is 0 Å². The Hall–Kier alpha value is -1.80. The van der Waals surface area contributed by atoms with E-state index in [-0.39, 0.29) is 11.1 Å². The number of rotatable bonds is 4. The molecule has 102 valence electrons. The van der Waals surface area contributed by atoms with Gasteiger partial charge in [-0.1, -0.05) is 13.8 Å². The summed E-state index contributed by atoms with van der Waals surface area (Å²) in [6, 6.07) is 3.54. The van der Waals surface area contributed by atoms with Crippen LogP contribution in [0.2, 0.25) is 0 Å². The Morgan fingerprint density at radius 1 is 1.37 bits per heavy atom. The van der Waals surface area contributed by atoms with Crippen molar-refractivity contribution in [2.45, 2.75) is 25.5 Å². The van der Waals surface area contributed by atoms with Crippen molar-refractivity contribution in [2.75, 3.05) is 0 Å². The van der Waals surface area contributed by atoms with Crippen LogP contribution in [0.1, 0.15) is 13.8 Å². The van der Waals surface area contributed by atoms with Crippen LogP contribution in [0.25, 0.3) is 11.4 Å². The van der Waals surface area contributed by atoms with Crippen LogP contribution < -0.4 is 5.14 Å². The van der Waals surface area contributed by atoms with E-state index in [0.717, 1.165) is 0 Å². The van der Waals surface area contributed by atoms with E-state index in [9.17, 15) is 8.42 Å². The van der Waals surface area contributed by atoms with Gasteiger partial charge in [0, 0.05) is 24.5 Å². The molecule has 2 N–H and O–H groups in total. The highest BCUT2D eigenvalue weighted by Gasteiger charge is 2.22. The number of hydrogen-bond acceptors (Lipinski definition) is 5. The minimum absolute atomic E-state index is 0.222. The highest BCUT2D eigenvalue weighted by Crippen LogP contribution is 2.20. The highest BCUT2D eigenvalue weighted by atomic mass is 32.2. The van der Waals surface area contributed by atoms with E-state index < -0.39 is 10.0 Å². The molecule has 0 aliphatic carbocycles. The highest BCUT2D eigenvalue weighted by molar-refractivity contribution is 7.89. The molecule has 2 heterocycles. The first-order chi connectivity index (χ1) is 8.89. The van der Waals surface area contributed by atoms with Gasteiger partial charge in [-0.05, 0) is 18.1 Å². The Bertz CT molecular complexity index is 664. The molecule has 2 aromatic heterocycles. The summed E-state index contributed by atoms with van der Waals surface area (Å²) in [5.74, 6) is 0.678. The molecule has 0 atom stereocenters. The Morgan fingerprint density at radius 3 is 2.63 bits per heavy atom. The predicted octanol–water partition coefficient (Wildman–Crippen LogP) is 0.644. The topological polar surface area (TPSA) is 104 Å². The number of hydrogen-bond donors (Lipinski definition) is 1. The lowest BCUT2D eigenvalue weighted by atomic mass is 10.2. The summed E-state index contributed by atoms with van der Waals surface area (Å²) >= 11 is 0. The molecule has 0 spiro atoms. The molecule has 0 radical (unpaired) electrons. The van der Waals surface area contributed by atoms with Gasteiger partial charge in [0.05, 0.1) is 0 Å². The van der Waals surface area contributed by atoms with E-state index in [1.54, 1.807) is 24.5 Å². The Balaban J connectivity index is 2.60. The van der Waals surface area contributed by atoms with Crippen LogP contribution in [-0.4, -0.2) is 28.2 Å². The van der Waals surface area contributed by atoms with Gasteiger partial charge in [0.25, 0.3) is 15.2 Å². The van der Waals surface area contributed by atoms with E-state index >= 15 is 0 Å². The average Bonchev–Trinajstić information content (AvgIpc) is 2.72. The van der Waals surface area contributed by atoms with E-state index in [1.165, 1.54) is 4.57 Å². The van der Waals surface area contributed by atoms with Crippen molar-refractivity contribution in [3.8, 4) is 11.4 Å². The number of primary sulfonamides is 1. The van der Waals surface area contributed by atoms with Crippen molar-refractivity contribution >= 4 is 10.0 Å². The van der Waals surface area contributed by atoms with Gasteiger partial charge in [-0.15, -0.1) is 10.2 Å². The second kappa shape index (κ2) is 5.06. The molecule has 0 saturated carbocycles. The van der Waals surface area contributed by atoms with Gasteiger partial charge in [-0.3, -0.25) is 9.55 Å². The number of pyridine rings is 1. The molecular formula is C11H15N5O2S. The van der Waals surface area contributed by atoms with Gasteiger partial charge in [0.1, 0.15) is 0 Å². The van der Waals surface area contributed by atoms with E-state index in [1.807, 2.05) is 13.8 Å². The minimum atomic E-state index is -3.90. The van der Waals surface area contributed by atoms with Gasteiger partial charge in [-0.25, -0.2) is 13.6 Å². The molecule has 0 aliphatic rings. The molecule has 2 rings (SSSR count). The lowest BCUT2D eigenvalue weighted by molar-refractivity contribution is 0.486. The van der Waals surface area contributed by atoms with Crippen molar-refractivity contribution in [2.24, 2.45) is 11.1 Å². The molecule has 0 saturated heterocycles. The first-order valence-corrected chi connectivity index (χ1v) is 7.30. The standard InChI is InChI=1S/C11H15N5O2S/c1-8(2)7-16-10(9-4-3-5-13-6-9)14-15-11(16)19(12,17)18/h3-6,8H,7H2,1-2H3,(H2,12,17,18). The number of nitrogens with two attached hydrogens (primary N) is 1. The zero-order valence-corrected chi connectivity index (χ0v) is 11.5. The summed E-state index contributed by atoms with van der Waals surface area (Å²) in [5.41, 5.74) is 0.700. The lowest BCUT2D eigenvalue weighted by Crippen LogP contribution is -2.20. The molecule has 0 aliphatic heterocycles. The predicted molar refractivity (Wildman–Crippen MR) is 69.5 cm³/mol. The van der Waals surface area contributed by atoms with Gasteiger partial charge < -0.3 is 0 Å². The largest absolute Gasteiger partial charge is 0.296 e. The fourth-order valence-electron chi connectivity index (χ4n) is 1.74. The quantitative estimate of drug-likeness (QED) is 0.885. The number of nitrogens with zero attached hydrogens (tertiary/aromatic N) is 4. The number of aromatic nitrogens is 4. The van der Waals surface area contributed by atoms with Crippen LogP contribution >= 0.6 is 0 Å². The first kappa shape index (κ1) is 13.6. The molecule has 0 unspecified atom stereocenters. The zero-order chi connectivity index (χ0) is 14.0. The lowest BCUT2D eigenvalue weighted by Gasteiger charge is -2.11. The third-order valence-electron chi connectivity index (χ3n) is 2.44. The summed E-state index contributed by atoms with van der Waals surface area (Å²) in [5, 5.41) is 12.5. The molecule has 2 aromatic rings. The van der Waals surface area contributed by atoms with Gasteiger partial charge >= 0.3 is 0 Å². The smallest absolute Gasteiger partial charge is 0.273 e. The van der Waals surface area contributed by atoms with Gasteiger partial charge in [0.15, 0.2) is 5.82 Å². The molecule has 0 bridgehead atoms. The van der Waals surface area contributed by atoms with Crippen LogP contribution in [0.15, 0.2) is 29.7 Å². The zero-order valence-electron chi connectivity index (χ0n) is 10.7. The summed E-state index contributed by atoms with van der Waals surface area (Å²) < 4.78 is 24.5. The molecule has 0 amide bonds. The average molecular weight is 281 g/mol. The summed E-state index contributed by atoms with van der Waals surface area (Å²) in [4.78, 5) is 3.99. The third kappa shape index (κ3) is 2.96. The van der Waals surface area contributed by atoms with Crippen LogP contribution in [0.5, 0.6) is 0 Å². The van der Waals surface area contributed by atoms with E-state index in [4.69, 9.17) is 5.14 Å². The second-order valence-corrected chi connectivity index (χ2v) is 6.05. The van der Waals surface area contributed by atoms with Gasteiger partial charge in [0.2, 0.25) is 0 Å². The maximum absolute atomic E-state index is 11.5. The fourth-order valence-corrected chi connectivity index (χ4v) is 2.36. The summed E-state index contributed by atoms with van der Waals surface area (Å²) in [7, 11) is -3.90. The van der Waals surface area contributed by atoms with Crippen LogP contribution in [0, 0.1) is 5.92 Å². The normalized spacial score (nSPS) is 12.0. The Morgan fingerprint density at radius 2 is 2.11 bits per heavy atom. The van der Waals surface area contributed by atoms with Crippen LogP contribution in [0.3, 0.4) is 0 Å². The number of sulfonamides is 1. The maximum Gasteiger partial charge on any atom is 0.273 e. The third-order valence-corrected chi connectivity index (χ3v) is 3.25. The minimum Gasteiger partial charge on any atom is -0.296 e. The molecule has 0 fully saturated rings. The van der Waals surface area contributed by atoms with E-state index in [2.05, 4.69) is 15.2 Å². The van der Waals surface area contributed by atoms with Gasteiger partial charge in [-0.2, -0.15) is 0 Å². The Labute approximate surface area is 111 Å². The van der Waals surface area contributed by atoms with Crippen molar-refractivity contribution < 1.29 is 8.42 Å². The van der Waals surface area contributed by atoms with Crippen molar-refractivity contribution in [3.05, 3.63) is 24.5 Å². The van der Waals surface area contributed by atoms with Crippen molar-refractivity contribution in [3.63, 3.8) is 0 Å². The molecule has 8 heteroatoms. The van der Waals surface area contributed by atoms with E-state index in [0.29, 0.717) is 17.9 Å². The van der Waals surface area contributed by atoms with Crippen LogP contribution in [-0.2, 0) is 16.6 Å². The fraction of sp³-hybridized carbons (Fsp3) is 0.364. The maximum atomic E-state index is 11.5. The van der Waals surface area contributed by atoms with Crippen molar-refractivity contribution in [1.82, 2.24) is 19.7 Å². The summed E-state index contributed by atoms with van der Waals surface area (Å²) in [6.07, 6.45) is 3.24. The first-order valence-electron chi connectivity index (χ1n) is 5.76. The Kier molecular flexibility index (Phi) is 3.63. The molecule has 0 aromatic carbocycles. The SMILES string of the molecule is CC(C)Cn1c(-c2cccnc2)nnc1S(N)(=O)=O. The molecular weight excluding hydrogens is 266 g/mol. The monoisotopic (exact) mass is 281 g/mol.